The molecule has 6 rings (SSSR count). The van der Waals surface area contributed by atoms with Crippen LogP contribution in [0, 0.1) is 5.92 Å². The van der Waals surface area contributed by atoms with Gasteiger partial charge in [0.05, 0.1) is 11.4 Å². The van der Waals surface area contributed by atoms with Crippen molar-refractivity contribution in [3.05, 3.63) is 79.0 Å². The summed E-state index contributed by atoms with van der Waals surface area (Å²) in [7, 11) is 0. The molecule has 0 radical (unpaired) electrons. The minimum Gasteiger partial charge on any atom is -0.371 e. The van der Waals surface area contributed by atoms with E-state index >= 15 is 0 Å². The largest absolute Gasteiger partial charge is 0.371 e. The molecule has 0 spiro atoms. The number of para-hydroxylation sites is 1. The van der Waals surface area contributed by atoms with Crippen LogP contribution in [0.1, 0.15) is 0 Å². The molecule has 3 aromatic carbocycles. The number of carbonyl (C=O) groups is 2. The summed E-state index contributed by atoms with van der Waals surface area (Å²) >= 11 is 1.55. The van der Waals surface area contributed by atoms with Crippen LogP contribution in [-0.4, -0.2) is 42.3 Å². The highest BCUT2D eigenvalue weighted by Gasteiger charge is 2.33. The SMILES string of the molecule is O=C(Nc1ccc2c(c1)N(CC1CN(c3ccccc3)C1)C(=O)CS2)Nc1ccc2cc[nH]c2c1. The summed E-state index contributed by atoms with van der Waals surface area (Å²) in [5, 5.41) is 6.88. The minimum atomic E-state index is -0.324. The average molecular weight is 484 g/mol. The number of benzene rings is 3. The third kappa shape index (κ3) is 4.44. The third-order valence-corrected chi connectivity index (χ3v) is 7.54. The summed E-state index contributed by atoms with van der Waals surface area (Å²) in [5.41, 5.74) is 4.41. The molecule has 8 heteroatoms. The van der Waals surface area contributed by atoms with Crippen molar-refractivity contribution in [2.75, 3.05) is 45.8 Å². The van der Waals surface area contributed by atoms with Crippen LogP contribution < -0.4 is 20.4 Å². The van der Waals surface area contributed by atoms with E-state index < -0.39 is 0 Å². The van der Waals surface area contributed by atoms with E-state index in [0.717, 1.165) is 34.6 Å². The molecule has 1 saturated heterocycles. The van der Waals surface area contributed by atoms with E-state index in [9.17, 15) is 9.59 Å². The second-order valence-electron chi connectivity index (χ2n) is 8.94. The zero-order valence-electron chi connectivity index (χ0n) is 19.0. The first kappa shape index (κ1) is 21.6. The Morgan fingerprint density at radius 2 is 1.74 bits per heavy atom. The van der Waals surface area contributed by atoms with E-state index in [-0.39, 0.29) is 11.9 Å². The summed E-state index contributed by atoms with van der Waals surface area (Å²) in [6, 6.07) is 23.5. The monoisotopic (exact) mass is 483 g/mol. The molecule has 3 N–H and O–H groups in total. The van der Waals surface area contributed by atoms with Gasteiger partial charge in [-0.3, -0.25) is 4.79 Å². The highest BCUT2D eigenvalue weighted by Crippen LogP contribution is 2.38. The van der Waals surface area contributed by atoms with Crippen LogP contribution in [0.3, 0.4) is 0 Å². The highest BCUT2D eigenvalue weighted by molar-refractivity contribution is 8.00. The van der Waals surface area contributed by atoms with Gasteiger partial charge in [0.2, 0.25) is 5.91 Å². The maximum Gasteiger partial charge on any atom is 0.323 e. The maximum atomic E-state index is 12.8. The minimum absolute atomic E-state index is 0.113. The topological polar surface area (TPSA) is 80.5 Å². The van der Waals surface area contributed by atoms with Crippen LogP contribution in [0.4, 0.5) is 27.5 Å². The maximum absolute atomic E-state index is 12.8. The van der Waals surface area contributed by atoms with E-state index in [1.165, 1.54) is 5.69 Å². The lowest BCUT2D eigenvalue weighted by Crippen LogP contribution is -2.53. The lowest BCUT2D eigenvalue weighted by Gasteiger charge is -2.44. The molecular weight excluding hydrogens is 458 g/mol. The average Bonchev–Trinajstić information content (AvgIpc) is 3.31. The molecule has 4 aromatic rings. The van der Waals surface area contributed by atoms with Crippen LogP contribution in [0.2, 0.25) is 0 Å². The van der Waals surface area contributed by atoms with Gasteiger partial charge in [-0.25, -0.2) is 4.79 Å². The Kier molecular flexibility index (Phi) is 5.58. The Balaban J connectivity index is 1.13. The second-order valence-corrected chi connectivity index (χ2v) is 9.96. The van der Waals surface area contributed by atoms with Gasteiger partial charge in [-0.2, -0.15) is 0 Å². The predicted molar refractivity (Wildman–Crippen MR) is 143 cm³/mol. The van der Waals surface area contributed by atoms with Crippen molar-refractivity contribution in [1.29, 1.82) is 0 Å². The van der Waals surface area contributed by atoms with Gasteiger partial charge < -0.3 is 25.4 Å². The van der Waals surface area contributed by atoms with Crippen LogP contribution in [0.15, 0.2) is 83.9 Å². The summed E-state index contributed by atoms with van der Waals surface area (Å²) < 4.78 is 0. The number of urea groups is 1. The van der Waals surface area contributed by atoms with E-state index in [4.69, 9.17) is 0 Å². The van der Waals surface area contributed by atoms with Gasteiger partial charge in [0, 0.05) is 59.2 Å². The van der Waals surface area contributed by atoms with E-state index in [2.05, 4.69) is 32.7 Å². The van der Waals surface area contributed by atoms with Crippen molar-refractivity contribution < 1.29 is 9.59 Å². The molecule has 176 valence electrons. The lowest BCUT2D eigenvalue weighted by molar-refractivity contribution is -0.116. The number of thioether (sulfide) groups is 1. The molecule has 0 bridgehead atoms. The van der Waals surface area contributed by atoms with Crippen LogP contribution in [0.25, 0.3) is 10.9 Å². The lowest BCUT2D eigenvalue weighted by atomic mass is 9.98. The Bertz CT molecular complexity index is 1400. The third-order valence-electron chi connectivity index (χ3n) is 6.49. The number of amides is 3. The zero-order valence-corrected chi connectivity index (χ0v) is 19.8. The fourth-order valence-electron chi connectivity index (χ4n) is 4.69. The Labute approximate surface area is 207 Å². The number of nitrogens with zero attached hydrogens (tertiary/aromatic N) is 2. The first-order valence-corrected chi connectivity index (χ1v) is 12.6. The standard InChI is InChI=1S/C27H25N5O2S/c33-26-17-35-25-9-8-21(30-27(34)29-20-7-6-19-10-11-28-23(19)12-20)13-24(25)32(26)16-18-14-31(15-18)22-4-2-1-3-5-22/h1-13,18,28H,14-17H2,(H2,29,30,34). The summed E-state index contributed by atoms with van der Waals surface area (Å²) in [4.78, 5) is 33.9. The van der Waals surface area contributed by atoms with E-state index in [1.807, 2.05) is 71.8 Å². The smallest absolute Gasteiger partial charge is 0.323 e. The molecule has 2 aliphatic heterocycles. The number of fused-ring (bicyclic) bond motifs is 2. The molecule has 35 heavy (non-hydrogen) atoms. The molecule has 0 unspecified atom stereocenters. The fourth-order valence-corrected chi connectivity index (χ4v) is 5.61. The van der Waals surface area contributed by atoms with Crippen LogP contribution in [-0.2, 0) is 4.79 Å². The van der Waals surface area contributed by atoms with Gasteiger partial charge in [0.25, 0.3) is 0 Å². The number of aromatic nitrogens is 1. The van der Waals surface area contributed by atoms with Crippen molar-refractivity contribution in [2.24, 2.45) is 5.92 Å². The molecule has 0 aliphatic carbocycles. The van der Waals surface area contributed by atoms with Gasteiger partial charge in [-0.1, -0.05) is 24.3 Å². The highest BCUT2D eigenvalue weighted by atomic mass is 32.2. The van der Waals surface area contributed by atoms with Crippen LogP contribution in [0.5, 0.6) is 0 Å². The molecule has 1 aromatic heterocycles. The number of hydrogen-bond acceptors (Lipinski definition) is 4. The zero-order chi connectivity index (χ0) is 23.8. The summed E-state index contributed by atoms with van der Waals surface area (Å²) in [6.07, 6.45) is 1.87. The predicted octanol–water partition coefficient (Wildman–Crippen LogP) is 5.39. The van der Waals surface area contributed by atoms with Crippen molar-refractivity contribution >= 4 is 57.4 Å². The van der Waals surface area contributed by atoms with Crippen LogP contribution >= 0.6 is 11.8 Å². The number of hydrogen-bond donors (Lipinski definition) is 3. The van der Waals surface area contributed by atoms with Gasteiger partial charge in [0.15, 0.2) is 0 Å². The van der Waals surface area contributed by atoms with Crippen molar-refractivity contribution in [3.63, 3.8) is 0 Å². The van der Waals surface area contributed by atoms with E-state index in [0.29, 0.717) is 29.6 Å². The number of rotatable bonds is 5. The first-order chi connectivity index (χ1) is 17.1. The van der Waals surface area contributed by atoms with Gasteiger partial charge >= 0.3 is 6.03 Å². The summed E-state index contributed by atoms with van der Waals surface area (Å²) in [5.74, 6) is 0.968. The van der Waals surface area contributed by atoms with Crippen molar-refractivity contribution in [1.82, 2.24) is 4.98 Å². The Morgan fingerprint density at radius 1 is 0.971 bits per heavy atom. The Hall–Kier alpha value is -3.91. The number of anilines is 4. The number of aromatic amines is 1. The summed E-state index contributed by atoms with van der Waals surface area (Å²) in [6.45, 7) is 2.55. The molecule has 3 amide bonds. The number of nitrogens with one attached hydrogen (secondary N) is 3. The number of carbonyl (C=O) groups excluding carboxylic acids is 2. The molecule has 0 atom stereocenters. The molecule has 1 fully saturated rings. The van der Waals surface area contributed by atoms with Gasteiger partial charge in [0.1, 0.15) is 0 Å². The van der Waals surface area contributed by atoms with E-state index in [1.54, 1.807) is 11.8 Å². The molecule has 0 saturated carbocycles. The first-order valence-electron chi connectivity index (χ1n) is 11.6. The van der Waals surface area contributed by atoms with Gasteiger partial charge in [-0.15, -0.1) is 11.8 Å². The molecule has 3 heterocycles. The fraction of sp³-hybridized carbons (Fsp3) is 0.185. The normalized spacial score (nSPS) is 15.6. The second kappa shape index (κ2) is 9.03. The van der Waals surface area contributed by atoms with Crippen molar-refractivity contribution in [2.45, 2.75) is 4.90 Å². The number of H-pyrrole nitrogens is 1. The van der Waals surface area contributed by atoms with Gasteiger partial charge in [-0.05, 0) is 53.9 Å². The quantitative estimate of drug-likeness (QED) is 0.356. The van der Waals surface area contributed by atoms with Crippen molar-refractivity contribution in [3.8, 4) is 0 Å². The molecule has 2 aliphatic rings. The Morgan fingerprint density at radius 3 is 2.57 bits per heavy atom. The molecule has 7 nitrogen and oxygen atoms in total. The molecular formula is C27H25N5O2S.